The maximum atomic E-state index is 11.4. The fraction of sp³-hybridized carbons (Fsp3) is 0.533. The van der Waals surface area contributed by atoms with Crippen LogP contribution < -0.4 is 4.90 Å². The first-order chi connectivity index (χ1) is 8.99. The first-order valence-corrected chi connectivity index (χ1v) is 7.50. The topological polar surface area (TPSA) is 23.6 Å². The number of ketones is 1. The number of Topliss-reactive ketones (excluding diaryl/α,β-unsaturated/α-hetero) is 1. The number of likely N-dealkylation sites (N-methyl/N-ethyl adjacent to an activating group) is 1. The lowest BCUT2D eigenvalue weighted by Crippen LogP contribution is -2.37. The molecule has 0 radical (unpaired) electrons. The molecule has 104 valence electrons. The molecule has 2 rings (SSSR count). The highest BCUT2D eigenvalue weighted by atomic mass is 79.9. The molecule has 1 aliphatic heterocycles. The molecule has 0 amide bonds. The SMILES string of the molecule is CC(=O)c1ccc(N2CCCC2CN(C)C)c(Br)c1. The summed E-state index contributed by atoms with van der Waals surface area (Å²) < 4.78 is 1.02. The van der Waals surface area contributed by atoms with E-state index in [4.69, 9.17) is 0 Å². The molecule has 0 aliphatic carbocycles. The minimum atomic E-state index is 0.110. The summed E-state index contributed by atoms with van der Waals surface area (Å²) in [6.07, 6.45) is 2.47. The lowest BCUT2D eigenvalue weighted by Gasteiger charge is -2.30. The monoisotopic (exact) mass is 324 g/mol. The lowest BCUT2D eigenvalue weighted by molar-refractivity contribution is 0.101. The predicted molar refractivity (Wildman–Crippen MR) is 83.1 cm³/mol. The van der Waals surface area contributed by atoms with Crippen LogP contribution in [0.4, 0.5) is 5.69 Å². The summed E-state index contributed by atoms with van der Waals surface area (Å²) in [5.74, 6) is 0.110. The molecule has 3 nitrogen and oxygen atoms in total. The summed E-state index contributed by atoms with van der Waals surface area (Å²) in [5, 5.41) is 0. The van der Waals surface area contributed by atoms with Gasteiger partial charge in [-0.15, -0.1) is 0 Å². The lowest BCUT2D eigenvalue weighted by atomic mass is 10.1. The van der Waals surface area contributed by atoms with E-state index in [1.165, 1.54) is 18.5 Å². The van der Waals surface area contributed by atoms with E-state index in [0.717, 1.165) is 23.1 Å². The van der Waals surface area contributed by atoms with Crippen LogP contribution >= 0.6 is 15.9 Å². The fourth-order valence-corrected chi connectivity index (χ4v) is 3.33. The Morgan fingerprint density at radius 1 is 1.47 bits per heavy atom. The zero-order valence-electron chi connectivity index (χ0n) is 11.8. The second-order valence-electron chi connectivity index (χ2n) is 5.47. The van der Waals surface area contributed by atoms with Crippen molar-refractivity contribution in [1.82, 2.24) is 4.90 Å². The first-order valence-electron chi connectivity index (χ1n) is 6.71. The Balaban J connectivity index is 2.23. The zero-order valence-corrected chi connectivity index (χ0v) is 13.4. The number of anilines is 1. The molecule has 0 N–H and O–H groups in total. The van der Waals surface area contributed by atoms with Gasteiger partial charge in [0.25, 0.3) is 0 Å². The maximum absolute atomic E-state index is 11.4. The van der Waals surface area contributed by atoms with E-state index in [9.17, 15) is 4.79 Å². The van der Waals surface area contributed by atoms with E-state index in [2.05, 4.69) is 45.9 Å². The van der Waals surface area contributed by atoms with Crippen molar-refractivity contribution < 1.29 is 4.79 Å². The molecule has 1 saturated heterocycles. The normalized spacial score (nSPS) is 19.2. The third kappa shape index (κ3) is 3.37. The molecule has 1 aliphatic rings. The van der Waals surface area contributed by atoms with Crippen molar-refractivity contribution in [2.75, 3.05) is 32.1 Å². The number of hydrogen-bond acceptors (Lipinski definition) is 3. The molecular weight excluding hydrogens is 304 g/mol. The van der Waals surface area contributed by atoms with Gasteiger partial charge in [0.2, 0.25) is 0 Å². The Morgan fingerprint density at radius 2 is 2.21 bits per heavy atom. The average molecular weight is 325 g/mol. The summed E-state index contributed by atoms with van der Waals surface area (Å²) in [6.45, 7) is 3.77. The van der Waals surface area contributed by atoms with Crippen molar-refractivity contribution in [3.63, 3.8) is 0 Å². The molecule has 0 aromatic heterocycles. The highest BCUT2D eigenvalue weighted by Gasteiger charge is 2.26. The van der Waals surface area contributed by atoms with Gasteiger partial charge in [-0.1, -0.05) is 0 Å². The van der Waals surface area contributed by atoms with Crippen molar-refractivity contribution in [2.24, 2.45) is 0 Å². The Morgan fingerprint density at radius 3 is 2.79 bits per heavy atom. The number of carbonyl (C=O) groups excluding carboxylic acids is 1. The van der Waals surface area contributed by atoms with Crippen molar-refractivity contribution in [1.29, 1.82) is 0 Å². The van der Waals surface area contributed by atoms with E-state index in [1.54, 1.807) is 6.92 Å². The Bertz CT molecular complexity index is 473. The van der Waals surface area contributed by atoms with Gasteiger partial charge in [-0.25, -0.2) is 0 Å². The third-order valence-electron chi connectivity index (χ3n) is 3.62. The second-order valence-corrected chi connectivity index (χ2v) is 6.33. The molecule has 1 heterocycles. The molecule has 1 aromatic carbocycles. The molecule has 1 atom stereocenters. The molecule has 4 heteroatoms. The quantitative estimate of drug-likeness (QED) is 0.795. The smallest absolute Gasteiger partial charge is 0.159 e. The van der Waals surface area contributed by atoms with Gasteiger partial charge in [0.05, 0.1) is 5.69 Å². The standard InChI is InChI=1S/C15H21BrN2O/c1-11(19)12-6-7-15(14(16)9-12)18-8-4-5-13(18)10-17(2)3/h6-7,9,13H,4-5,8,10H2,1-3H3. The Kier molecular flexibility index (Phi) is 4.63. The average Bonchev–Trinajstić information content (AvgIpc) is 2.75. The summed E-state index contributed by atoms with van der Waals surface area (Å²) in [6, 6.07) is 6.49. The van der Waals surface area contributed by atoms with Gasteiger partial charge in [0.1, 0.15) is 0 Å². The van der Waals surface area contributed by atoms with Crippen LogP contribution in [0.2, 0.25) is 0 Å². The molecular formula is C15H21BrN2O. The van der Waals surface area contributed by atoms with Gasteiger partial charge in [-0.2, -0.15) is 0 Å². The van der Waals surface area contributed by atoms with Gasteiger partial charge >= 0.3 is 0 Å². The van der Waals surface area contributed by atoms with Crippen LogP contribution in [0, 0.1) is 0 Å². The second kappa shape index (κ2) is 6.06. The molecule has 0 saturated carbocycles. The Hall–Kier alpha value is -0.870. The highest BCUT2D eigenvalue weighted by molar-refractivity contribution is 9.10. The van der Waals surface area contributed by atoms with Gasteiger partial charge in [0, 0.05) is 29.2 Å². The Labute approximate surface area is 123 Å². The van der Waals surface area contributed by atoms with Crippen LogP contribution in [0.15, 0.2) is 22.7 Å². The number of rotatable bonds is 4. The highest BCUT2D eigenvalue weighted by Crippen LogP contribution is 2.33. The minimum Gasteiger partial charge on any atom is -0.366 e. The van der Waals surface area contributed by atoms with Gasteiger partial charge in [0.15, 0.2) is 5.78 Å². The van der Waals surface area contributed by atoms with E-state index < -0.39 is 0 Å². The molecule has 1 unspecified atom stereocenters. The molecule has 1 fully saturated rings. The van der Waals surface area contributed by atoms with Crippen LogP contribution in [0.5, 0.6) is 0 Å². The molecule has 1 aromatic rings. The van der Waals surface area contributed by atoms with E-state index in [-0.39, 0.29) is 5.78 Å². The van der Waals surface area contributed by atoms with E-state index >= 15 is 0 Å². The summed E-state index contributed by atoms with van der Waals surface area (Å²) in [7, 11) is 4.23. The summed E-state index contributed by atoms with van der Waals surface area (Å²) >= 11 is 3.61. The van der Waals surface area contributed by atoms with Crippen molar-refractivity contribution in [3.05, 3.63) is 28.2 Å². The van der Waals surface area contributed by atoms with E-state index in [1.807, 2.05) is 12.1 Å². The van der Waals surface area contributed by atoms with Crippen LogP contribution in [0.3, 0.4) is 0 Å². The van der Waals surface area contributed by atoms with Crippen LogP contribution in [0.1, 0.15) is 30.1 Å². The summed E-state index contributed by atoms with van der Waals surface area (Å²) in [5.41, 5.74) is 1.97. The van der Waals surface area contributed by atoms with Crippen molar-refractivity contribution in [3.8, 4) is 0 Å². The zero-order chi connectivity index (χ0) is 14.0. The minimum absolute atomic E-state index is 0.110. The van der Waals surface area contributed by atoms with Crippen LogP contribution in [-0.2, 0) is 0 Å². The molecule has 0 spiro atoms. The van der Waals surface area contributed by atoms with Gasteiger partial charge < -0.3 is 9.80 Å². The van der Waals surface area contributed by atoms with Gasteiger partial charge in [-0.05, 0) is 68.0 Å². The largest absolute Gasteiger partial charge is 0.366 e. The van der Waals surface area contributed by atoms with Crippen LogP contribution in [0.25, 0.3) is 0 Å². The number of halogens is 1. The molecule has 0 bridgehead atoms. The molecule has 19 heavy (non-hydrogen) atoms. The number of hydrogen-bond donors (Lipinski definition) is 0. The van der Waals surface area contributed by atoms with Crippen molar-refractivity contribution in [2.45, 2.75) is 25.8 Å². The first kappa shape index (κ1) is 14.5. The number of benzene rings is 1. The summed E-state index contributed by atoms with van der Waals surface area (Å²) in [4.78, 5) is 16.1. The predicted octanol–water partition coefficient (Wildman–Crippen LogP) is 3.18. The number of nitrogens with zero attached hydrogens (tertiary/aromatic N) is 2. The fourth-order valence-electron chi connectivity index (χ4n) is 2.72. The maximum Gasteiger partial charge on any atom is 0.159 e. The van der Waals surface area contributed by atoms with Crippen LogP contribution in [-0.4, -0.2) is 43.9 Å². The van der Waals surface area contributed by atoms with Crippen molar-refractivity contribution >= 4 is 27.4 Å². The number of carbonyl (C=O) groups is 1. The van der Waals surface area contributed by atoms with Gasteiger partial charge in [-0.3, -0.25) is 4.79 Å². The third-order valence-corrected chi connectivity index (χ3v) is 4.25. The van der Waals surface area contributed by atoms with E-state index in [0.29, 0.717) is 6.04 Å².